The van der Waals surface area contributed by atoms with Gasteiger partial charge in [0.1, 0.15) is 0 Å². The smallest absolute Gasteiger partial charge is 0.336 e. The summed E-state index contributed by atoms with van der Waals surface area (Å²) < 4.78 is 18.3. The van der Waals surface area contributed by atoms with Gasteiger partial charge in [0.25, 0.3) is 0 Å². The van der Waals surface area contributed by atoms with E-state index < -0.39 is 16.8 Å². The van der Waals surface area contributed by atoms with Gasteiger partial charge in [-0.3, -0.25) is 4.21 Å². The molecule has 0 saturated carbocycles. The van der Waals surface area contributed by atoms with E-state index in [1.165, 1.54) is 6.07 Å². The van der Waals surface area contributed by atoms with Gasteiger partial charge in [0.05, 0.1) is 34.3 Å². The van der Waals surface area contributed by atoms with Crippen molar-refractivity contribution in [2.45, 2.75) is 36.9 Å². The molecule has 1 aliphatic rings. The lowest BCUT2D eigenvalue weighted by atomic mass is 10.2. The minimum absolute atomic E-state index is 0.00718. The van der Waals surface area contributed by atoms with Crippen molar-refractivity contribution in [2.24, 2.45) is 0 Å². The Balaban J connectivity index is 2.11. The summed E-state index contributed by atoms with van der Waals surface area (Å²) in [6.45, 7) is 2.01. The molecule has 1 aromatic rings. The van der Waals surface area contributed by atoms with Crippen molar-refractivity contribution < 1.29 is 18.8 Å². The number of carbonyl (C=O) groups is 1. The van der Waals surface area contributed by atoms with Crippen LogP contribution in [0.2, 0.25) is 0 Å². The van der Waals surface area contributed by atoms with Crippen LogP contribution in [0.1, 0.15) is 30.1 Å². The third-order valence-corrected chi connectivity index (χ3v) is 5.23. The first-order valence-electron chi connectivity index (χ1n) is 6.04. The molecule has 1 aliphatic heterocycles. The van der Waals surface area contributed by atoms with Crippen molar-refractivity contribution in [1.82, 2.24) is 0 Å². The fraction of sp³-hybridized carbons (Fsp3) is 0.462. The van der Waals surface area contributed by atoms with Crippen molar-refractivity contribution >= 4 is 32.7 Å². The monoisotopic (exact) mass is 346 g/mol. The molecule has 104 valence electrons. The molecular weight excluding hydrogens is 332 g/mol. The molecule has 0 aliphatic carbocycles. The molecule has 0 bridgehead atoms. The van der Waals surface area contributed by atoms with E-state index in [1.54, 1.807) is 12.1 Å². The molecule has 4 nitrogen and oxygen atoms in total. The molecule has 0 radical (unpaired) electrons. The van der Waals surface area contributed by atoms with Crippen LogP contribution in [0.25, 0.3) is 0 Å². The highest BCUT2D eigenvalue weighted by Gasteiger charge is 2.24. The Morgan fingerprint density at radius 1 is 1.53 bits per heavy atom. The second-order valence-electron chi connectivity index (χ2n) is 4.61. The number of carboxylic acids is 1. The third-order valence-electron chi connectivity index (χ3n) is 3.09. The predicted octanol–water partition coefficient (Wildman–Crippen LogP) is 2.82. The lowest BCUT2D eigenvalue weighted by Crippen LogP contribution is -2.17. The standard InChI is InChI=1S/C13H15BrO4S/c1-8-2-3-9(18-8)7-19(17)10-4-5-12(14)11(6-10)13(15)16/h4-6,8-9H,2-3,7H2,1H3,(H,15,16). The molecule has 1 fully saturated rings. The average Bonchev–Trinajstić information content (AvgIpc) is 2.74. The van der Waals surface area contributed by atoms with Crippen molar-refractivity contribution in [3.63, 3.8) is 0 Å². The molecule has 0 spiro atoms. The van der Waals surface area contributed by atoms with Crippen LogP contribution in [0.15, 0.2) is 27.6 Å². The fourth-order valence-electron chi connectivity index (χ4n) is 2.08. The Labute approximate surface area is 122 Å². The average molecular weight is 347 g/mol. The number of halogens is 1. The minimum atomic E-state index is -1.23. The summed E-state index contributed by atoms with van der Waals surface area (Å²) in [5, 5.41) is 9.04. The van der Waals surface area contributed by atoms with Gasteiger partial charge < -0.3 is 9.84 Å². The summed E-state index contributed by atoms with van der Waals surface area (Å²) in [4.78, 5) is 11.6. The summed E-state index contributed by atoms with van der Waals surface area (Å²) in [6, 6.07) is 4.76. The number of benzene rings is 1. The molecule has 19 heavy (non-hydrogen) atoms. The van der Waals surface area contributed by atoms with Crippen molar-refractivity contribution in [3.8, 4) is 0 Å². The largest absolute Gasteiger partial charge is 0.478 e. The molecule has 0 aromatic heterocycles. The van der Waals surface area contributed by atoms with Crippen LogP contribution in [-0.2, 0) is 15.5 Å². The highest BCUT2D eigenvalue weighted by atomic mass is 79.9. The van der Waals surface area contributed by atoms with Crippen molar-refractivity contribution in [2.75, 3.05) is 5.75 Å². The van der Waals surface area contributed by atoms with Crippen LogP contribution in [0.3, 0.4) is 0 Å². The van der Waals surface area contributed by atoms with Gasteiger partial charge in [-0.2, -0.15) is 0 Å². The SMILES string of the molecule is CC1CCC(CS(=O)c2ccc(Br)c(C(=O)O)c2)O1. The number of hydrogen-bond donors (Lipinski definition) is 1. The van der Waals surface area contributed by atoms with Crippen LogP contribution < -0.4 is 0 Å². The van der Waals surface area contributed by atoms with E-state index in [0.717, 1.165) is 12.8 Å². The number of ether oxygens (including phenoxy) is 1. The van der Waals surface area contributed by atoms with E-state index in [4.69, 9.17) is 9.84 Å². The number of aromatic carboxylic acids is 1. The van der Waals surface area contributed by atoms with Gasteiger partial charge in [-0.05, 0) is 53.9 Å². The molecular formula is C13H15BrO4S. The molecule has 6 heteroatoms. The molecule has 1 aromatic carbocycles. The Bertz CT molecular complexity index is 517. The molecule has 2 rings (SSSR count). The third kappa shape index (κ3) is 3.64. The fourth-order valence-corrected chi connectivity index (χ4v) is 3.74. The zero-order valence-electron chi connectivity index (χ0n) is 10.5. The topological polar surface area (TPSA) is 63.6 Å². The maximum absolute atomic E-state index is 12.2. The molecule has 3 atom stereocenters. The summed E-state index contributed by atoms with van der Waals surface area (Å²) in [5.74, 6) is -0.609. The van der Waals surface area contributed by atoms with Crippen molar-refractivity contribution in [3.05, 3.63) is 28.2 Å². The molecule has 3 unspecified atom stereocenters. The van der Waals surface area contributed by atoms with Crippen LogP contribution in [0.5, 0.6) is 0 Å². The van der Waals surface area contributed by atoms with Gasteiger partial charge in [0.2, 0.25) is 0 Å². The lowest BCUT2D eigenvalue weighted by molar-refractivity contribution is 0.0691. The normalized spacial score (nSPS) is 24.3. The van der Waals surface area contributed by atoms with Gasteiger partial charge in [-0.1, -0.05) is 0 Å². The first kappa shape index (κ1) is 14.7. The van der Waals surface area contributed by atoms with Crippen molar-refractivity contribution in [1.29, 1.82) is 0 Å². The van der Waals surface area contributed by atoms with E-state index in [1.807, 2.05) is 6.92 Å². The van der Waals surface area contributed by atoms with Crippen LogP contribution in [0, 0.1) is 0 Å². The molecule has 1 heterocycles. The lowest BCUT2D eigenvalue weighted by Gasteiger charge is -2.11. The zero-order valence-corrected chi connectivity index (χ0v) is 12.9. The molecule has 0 amide bonds. The van der Waals surface area contributed by atoms with E-state index in [2.05, 4.69) is 15.9 Å². The molecule has 1 N–H and O–H groups in total. The zero-order chi connectivity index (χ0) is 14.0. The van der Waals surface area contributed by atoms with Crippen LogP contribution in [-0.4, -0.2) is 33.2 Å². The second-order valence-corrected chi connectivity index (χ2v) is 6.96. The summed E-state index contributed by atoms with van der Waals surface area (Å²) in [7, 11) is -1.23. The quantitative estimate of drug-likeness (QED) is 0.910. The Morgan fingerprint density at radius 2 is 2.26 bits per heavy atom. The van der Waals surface area contributed by atoms with Gasteiger partial charge >= 0.3 is 5.97 Å². The number of hydrogen-bond acceptors (Lipinski definition) is 3. The van der Waals surface area contributed by atoms with E-state index >= 15 is 0 Å². The Morgan fingerprint density at radius 3 is 2.84 bits per heavy atom. The van der Waals surface area contributed by atoms with E-state index in [0.29, 0.717) is 15.1 Å². The Kier molecular flexibility index (Phi) is 4.76. The first-order chi connectivity index (χ1) is 8.97. The first-order valence-corrected chi connectivity index (χ1v) is 8.15. The van der Waals surface area contributed by atoms with Gasteiger partial charge in [0.15, 0.2) is 0 Å². The van der Waals surface area contributed by atoms with Crippen LogP contribution >= 0.6 is 15.9 Å². The predicted molar refractivity (Wildman–Crippen MR) is 75.9 cm³/mol. The van der Waals surface area contributed by atoms with E-state index in [-0.39, 0.29) is 17.8 Å². The summed E-state index contributed by atoms with van der Waals surface area (Å²) >= 11 is 3.17. The highest BCUT2D eigenvalue weighted by molar-refractivity contribution is 9.10. The summed E-state index contributed by atoms with van der Waals surface area (Å²) in [5.41, 5.74) is 0.131. The van der Waals surface area contributed by atoms with E-state index in [9.17, 15) is 9.00 Å². The highest BCUT2D eigenvalue weighted by Crippen LogP contribution is 2.24. The van der Waals surface area contributed by atoms with Gasteiger partial charge in [-0.15, -0.1) is 0 Å². The summed E-state index contributed by atoms with van der Waals surface area (Å²) in [6.07, 6.45) is 2.13. The second kappa shape index (κ2) is 6.15. The van der Waals surface area contributed by atoms with Gasteiger partial charge in [0, 0.05) is 9.37 Å². The maximum atomic E-state index is 12.2. The molecule has 1 saturated heterocycles. The van der Waals surface area contributed by atoms with Crippen LogP contribution in [0.4, 0.5) is 0 Å². The minimum Gasteiger partial charge on any atom is -0.478 e. The number of rotatable bonds is 4. The van der Waals surface area contributed by atoms with Gasteiger partial charge in [-0.25, -0.2) is 4.79 Å². The number of carboxylic acid groups (broad SMARTS) is 1. The maximum Gasteiger partial charge on any atom is 0.336 e. The Hall–Kier alpha value is -0.720.